The van der Waals surface area contributed by atoms with Crippen LogP contribution >= 0.6 is 15.8 Å². The van der Waals surface area contributed by atoms with Crippen molar-refractivity contribution in [3.05, 3.63) is 151 Å². The molecule has 0 aromatic heterocycles. The molecule has 0 aliphatic rings. The monoisotopic (exact) mass is 593 g/mol. The van der Waals surface area contributed by atoms with Crippen LogP contribution in [0.1, 0.15) is 32.4 Å². The average molecular weight is 594 g/mol. The summed E-state index contributed by atoms with van der Waals surface area (Å²) in [5.74, 6) is 0. The van der Waals surface area contributed by atoms with Crippen LogP contribution in [-0.4, -0.2) is 15.1 Å². The Bertz CT molecular complexity index is 1460. The third-order valence-corrected chi connectivity index (χ3v) is 13.6. The maximum Gasteiger partial charge on any atom is 0.0976 e. The van der Waals surface area contributed by atoms with Gasteiger partial charge in [-0.05, 0) is 74.9 Å². The van der Waals surface area contributed by atoms with E-state index in [1.165, 1.54) is 32.1 Å². The standard InChI is InChI=1S/C36H37NOP2S/c1-36(2,3)41(38)37-34(28-39(29-18-8-4-9-19-29)30-20-10-5-11-21-30)33-26-16-17-27-35(33)40(31-22-12-6-13-23-31)32-24-14-7-15-25-32/h4-27,34,37H,28H2,1-3H3/t34-,41-/m0/s1. The van der Waals surface area contributed by atoms with Gasteiger partial charge in [-0.1, -0.05) is 146 Å². The van der Waals surface area contributed by atoms with Crippen LogP contribution in [0.25, 0.3) is 0 Å². The van der Waals surface area contributed by atoms with Crippen LogP contribution < -0.4 is 31.2 Å². The first-order valence-electron chi connectivity index (χ1n) is 14.0. The van der Waals surface area contributed by atoms with E-state index in [0.717, 1.165) is 6.16 Å². The molecule has 0 spiro atoms. The number of hydrogen-bond donors (Lipinski definition) is 1. The van der Waals surface area contributed by atoms with E-state index in [1.54, 1.807) is 0 Å². The normalized spacial score (nSPS) is 13.3. The second kappa shape index (κ2) is 13.8. The minimum atomic E-state index is -1.24. The van der Waals surface area contributed by atoms with E-state index < -0.39 is 26.8 Å². The fourth-order valence-corrected chi connectivity index (χ4v) is 10.7. The molecule has 0 amide bonds. The zero-order chi connectivity index (χ0) is 28.7. The Morgan fingerprint density at radius 3 is 1.41 bits per heavy atom. The lowest BCUT2D eigenvalue weighted by atomic mass is 10.1. The van der Waals surface area contributed by atoms with Gasteiger partial charge in [-0.15, -0.1) is 0 Å². The topological polar surface area (TPSA) is 29.1 Å². The highest BCUT2D eigenvalue weighted by atomic mass is 32.2. The van der Waals surface area contributed by atoms with E-state index in [9.17, 15) is 4.21 Å². The second-order valence-corrected chi connectivity index (χ2v) is 17.3. The van der Waals surface area contributed by atoms with E-state index in [-0.39, 0.29) is 10.8 Å². The van der Waals surface area contributed by atoms with Crippen molar-refractivity contribution in [2.75, 3.05) is 6.16 Å². The van der Waals surface area contributed by atoms with Gasteiger partial charge < -0.3 is 0 Å². The molecule has 5 aromatic rings. The van der Waals surface area contributed by atoms with E-state index in [1.807, 2.05) is 20.8 Å². The van der Waals surface area contributed by atoms with E-state index in [2.05, 4.69) is 150 Å². The molecule has 0 aliphatic carbocycles. The van der Waals surface area contributed by atoms with Crippen LogP contribution in [0.5, 0.6) is 0 Å². The van der Waals surface area contributed by atoms with Crippen LogP contribution in [0.15, 0.2) is 146 Å². The third-order valence-electron chi connectivity index (χ3n) is 6.89. The molecule has 2 nitrogen and oxygen atoms in total. The lowest BCUT2D eigenvalue weighted by Gasteiger charge is -2.31. The molecule has 41 heavy (non-hydrogen) atoms. The summed E-state index contributed by atoms with van der Waals surface area (Å²) in [5.41, 5.74) is 1.23. The Hall–Kier alpha value is -2.93. The zero-order valence-electron chi connectivity index (χ0n) is 23.9. The van der Waals surface area contributed by atoms with Gasteiger partial charge in [0.05, 0.1) is 15.7 Å². The quantitative estimate of drug-likeness (QED) is 0.180. The molecule has 0 fully saturated rings. The van der Waals surface area contributed by atoms with Gasteiger partial charge in [-0.3, -0.25) is 0 Å². The van der Waals surface area contributed by atoms with Gasteiger partial charge in [0, 0.05) is 6.04 Å². The molecule has 5 heteroatoms. The van der Waals surface area contributed by atoms with Gasteiger partial charge in [0.2, 0.25) is 0 Å². The molecule has 0 saturated heterocycles. The fourth-order valence-electron chi connectivity index (χ4n) is 4.83. The second-order valence-electron chi connectivity index (χ2n) is 10.9. The predicted molar refractivity (Wildman–Crippen MR) is 183 cm³/mol. The molecule has 0 bridgehead atoms. The van der Waals surface area contributed by atoms with Crippen molar-refractivity contribution >= 4 is 53.4 Å². The number of hydrogen-bond acceptors (Lipinski definition) is 1. The Labute approximate surface area is 250 Å². The molecule has 0 unspecified atom stereocenters. The van der Waals surface area contributed by atoms with Gasteiger partial charge in [-0.25, -0.2) is 8.93 Å². The third kappa shape index (κ3) is 7.48. The lowest BCUT2D eigenvalue weighted by molar-refractivity contribution is 0.618. The minimum Gasteiger partial charge on any atom is -0.242 e. The lowest BCUT2D eigenvalue weighted by Crippen LogP contribution is -2.39. The van der Waals surface area contributed by atoms with Gasteiger partial charge in [0.25, 0.3) is 0 Å². The predicted octanol–water partition coefficient (Wildman–Crippen LogP) is 6.67. The van der Waals surface area contributed by atoms with Crippen molar-refractivity contribution in [1.82, 2.24) is 4.72 Å². The molecule has 0 heterocycles. The molecule has 0 radical (unpaired) electrons. The van der Waals surface area contributed by atoms with Crippen LogP contribution in [0.3, 0.4) is 0 Å². The largest absolute Gasteiger partial charge is 0.242 e. The summed E-state index contributed by atoms with van der Waals surface area (Å²) in [4.78, 5) is 0. The summed E-state index contributed by atoms with van der Waals surface area (Å²) in [6.07, 6.45) is 0.842. The molecular weight excluding hydrogens is 556 g/mol. The average Bonchev–Trinajstić information content (AvgIpc) is 3.01. The minimum absolute atomic E-state index is 0.102. The summed E-state index contributed by atoms with van der Waals surface area (Å²) in [6.45, 7) is 6.12. The van der Waals surface area contributed by atoms with Crippen molar-refractivity contribution in [1.29, 1.82) is 0 Å². The Balaban J connectivity index is 1.66. The smallest absolute Gasteiger partial charge is 0.0976 e. The number of nitrogens with one attached hydrogen (secondary N) is 1. The Kier molecular flexibility index (Phi) is 9.97. The van der Waals surface area contributed by atoms with E-state index in [4.69, 9.17) is 0 Å². The van der Waals surface area contributed by atoms with Crippen LogP contribution in [0.2, 0.25) is 0 Å². The maximum absolute atomic E-state index is 13.7. The van der Waals surface area contributed by atoms with E-state index in [0.29, 0.717) is 0 Å². The van der Waals surface area contributed by atoms with Crippen molar-refractivity contribution in [3.63, 3.8) is 0 Å². The van der Waals surface area contributed by atoms with Crippen molar-refractivity contribution in [2.24, 2.45) is 0 Å². The Morgan fingerprint density at radius 1 is 0.585 bits per heavy atom. The highest BCUT2D eigenvalue weighted by Gasteiger charge is 2.30. The van der Waals surface area contributed by atoms with Crippen molar-refractivity contribution < 1.29 is 4.21 Å². The molecule has 0 saturated carbocycles. The molecule has 5 aromatic carbocycles. The summed E-state index contributed by atoms with van der Waals surface area (Å²) in [6, 6.07) is 52.0. The number of benzene rings is 5. The van der Waals surface area contributed by atoms with Crippen LogP contribution in [0.4, 0.5) is 0 Å². The summed E-state index contributed by atoms with van der Waals surface area (Å²) in [5, 5.41) is 6.58. The molecule has 1 N–H and O–H groups in total. The van der Waals surface area contributed by atoms with Gasteiger partial charge in [-0.2, -0.15) is 0 Å². The van der Waals surface area contributed by atoms with Crippen molar-refractivity contribution in [3.8, 4) is 0 Å². The highest BCUT2D eigenvalue weighted by molar-refractivity contribution is 7.84. The first-order chi connectivity index (χ1) is 19.9. The van der Waals surface area contributed by atoms with Gasteiger partial charge in [0.15, 0.2) is 0 Å². The molecule has 208 valence electrons. The SMILES string of the molecule is CC(C)(C)[S@](=O)N[C@@H](CP(c1ccccc1)c1ccccc1)c1ccccc1P(c1ccccc1)c1ccccc1. The fraction of sp³-hybridized carbons (Fsp3) is 0.167. The summed E-state index contributed by atoms with van der Waals surface area (Å²) >= 11 is 0. The summed E-state index contributed by atoms with van der Waals surface area (Å²) in [7, 11) is -2.77. The Morgan fingerprint density at radius 2 is 0.976 bits per heavy atom. The highest BCUT2D eigenvalue weighted by Crippen LogP contribution is 2.41. The van der Waals surface area contributed by atoms with E-state index >= 15 is 0 Å². The molecule has 0 aliphatic heterocycles. The molecule has 2 atom stereocenters. The van der Waals surface area contributed by atoms with Crippen LogP contribution in [0, 0.1) is 0 Å². The maximum atomic E-state index is 13.7. The van der Waals surface area contributed by atoms with Crippen molar-refractivity contribution in [2.45, 2.75) is 31.6 Å². The van der Waals surface area contributed by atoms with Gasteiger partial charge >= 0.3 is 0 Å². The van der Waals surface area contributed by atoms with Gasteiger partial charge in [0.1, 0.15) is 0 Å². The summed E-state index contributed by atoms with van der Waals surface area (Å²) < 4.78 is 17.0. The number of rotatable bonds is 10. The molecule has 5 rings (SSSR count). The zero-order valence-corrected chi connectivity index (χ0v) is 26.5. The van der Waals surface area contributed by atoms with Crippen LogP contribution in [-0.2, 0) is 11.0 Å². The molecular formula is C36H37NOP2S. The first-order valence-corrected chi connectivity index (χ1v) is 18.0. The first kappa shape index (κ1) is 29.6.